The number of hydrogen-bond donors (Lipinski definition) is 3. The van der Waals surface area contributed by atoms with E-state index in [4.69, 9.17) is 14.6 Å². The number of hydrogen-bond acceptors (Lipinski definition) is 6. The van der Waals surface area contributed by atoms with E-state index in [9.17, 15) is 14.7 Å². The molecule has 1 fully saturated rings. The van der Waals surface area contributed by atoms with Crippen molar-refractivity contribution in [2.45, 2.75) is 76.7 Å². The molecule has 0 radical (unpaired) electrons. The molecule has 5 aromatic rings. The highest BCUT2D eigenvalue weighted by molar-refractivity contribution is 5.83. The molecule has 6 rings (SSSR count). The number of aliphatic hydroxyl groups excluding tert-OH is 1. The molecule has 3 N–H and O–H groups in total. The summed E-state index contributed by atoms with van der Waals surface area (Å²) < 4.78 is 13.3. The molecule has 270 valence electrons. The molecule has 4 atom stereocenters. The maximum absolute atomic E-state index is 12.4. The standard InChI is InChI=1S/C44H48N2O6/c1-30(36-24-19-32-9-3-4-10-37(32)25-36)46(2)28-39-26-41(34-17-15-31(29-47)16-18-34)52-44(51-39)35-22-20-33(21-23-35)40-12-6-5-11-38(40)27-45-42(48)13-7-8-14-43(49)50/h3-6,9-12,15-25,30,39,41,44,47H,7-8,13-14,26-29H2,1-2H3,(H,45,48)(H,49,50)/t30-,39+,41-,44-/m1/s1. The molecule has 52 heavy (non-hydrogen) atoms. The third-order valence-corrected chi connectivity index (χ3v) is 10.1. The first-order valence-electron chi connectivity index (χ1n) is 18.1. The van der Waals surface area contributed by atoms with Crippen LogP contribution in [-0.4, -0.2) is 46.7 Å². The predicted octanol–water partition coefficient (Wildman–Crippen LogP) is 8.50. The van der Waals surface area contributed by atoms with Gasteiger partial charge in [0.2, 0.25) is 5.91 Å². The molecule has 5 aromatic carbocycles. The number of carboxylic acid groups (broad SMARTS) is 1. The Hall–Kier alpha value is -4.86. The molecule has 0 unspecified atom stereocenters. The monoisotopic (exact) mass is 700 g/mol. The van der Waals surface area contributed by atoms with Crippen LogP contribution in [0.25, 0.3) is 21.9 Å². The van der Waals surface area contributed by atoms with E-state index in [1.807, 2.05) is 60.7 Å². The molecule has 8 nitrogen and oxygen atoms in total. The fourth-order valence-corrected chi connectivity index (χ4v) is 6.85. The molecule has 0 spiro atoms. The highest BCUT2D eigenvalue weighted by Crippen LogP contribution is 2.39. The Bertz CT molecular complexity index is 1940. The van der Waals surface area contributed by atoms with Gasteiger partial charge in [-0.2, -0.15) is 0 Å². The second-order valence-electron chi connectivity index (χ2n) is 13.7. The fourth-order valence-electron chi connectivity index (χ4n) is 6.85. The smallest absolute Gasteiger partial charge is 0.303 e. The van der Waals surface area contributed by atoms with Gasteiger partial charge in [-0.25, -0.2) is 0 Å². The van der Waals surface area contributed by atoms with Crippen molar-refractivity contribution in [3.63, 3.8) is 0 Å². The van der Waals surface area contributed by atoms with Gasteiger partial charge in [0, 0.05) is 44.0 Å². The molecule has 1 aliphatic rings. The molecule has 1 aliphatic heterocycles. The third-order valence-electron chi connectivity index (χ3n) is 10.1. The number of fused-ring (bicyclic) bond motifs is 1. The number of unbranched alkanes of at least 4 members (excludes halogenated alkanes) is 1. The van der Waals surface area contributed by atoms with Crippen molar-refractivity contribution in [1.29, 1.82) is 0 Å². The lowest BCUT2D eigenvalue weighted by Gasteiger charge is -2.39. The van der Waals surface area contributed by atoms with Crippen LogP contribution in [0.5, 0.6) is 0 Å². The van der Waals surface area contributed by atoms with Crippen LogP contribution in [0.2, 0.25) is 0 Å². The summed E-state index contributed by atoms with van der Waals surface area (Å²) in [6, 6.07) is 39.5. The topological polar surface area (TPSA) is 108 Å². The summed E-state index contributed by atoms with van der Waals surface area (Å²) in [5.74, 6) is -0.931. The predicted molar refractivity (Wildman–Crippen MR) is 203 cm³/mol. The number of carboxylic acids is 1. The quantitative estimate of drug-likeness (QED) is 0.0941. The molecule has 0 bridgehead atoms. The van der Waals surface area contributed by atoms with Gasteiger partial charge >= 0.3 is 5.97 Å². The van der Waals surface area contributed by atoms with Crippen LogP contribution < -0.4 is 5.32 Å². The molecule has 1 heterocycles. The summed E-state index contributed by atoms with van der Waals surface area (Å²) >= 11 is 0. The molecule has 1 amide bonds. The summed E-state index contributed by atoms with van der Waals surface area (Å²) in [4.78, 5) is 25.5. The number of nitrogens with one attached hydrogen (secondary N) is 1. The lowest BCUT2D eigenvalue weighted by molar-refractivity contribution is -0.253. The number of nitrogens with zero attached hydrogens (tertiary/aromatic N) is 1. The van der Waals surface area contributed by atoms with Crippen molar-refractivity contribution in [2.24, 2.45) is 0 Å². The van der Waals surface area contributed by atoms with Crippen LogP contribution in [-0.2, 0) is 32.2 Å². The number of rotatable bonds is 15. The Morgan fingerprint density at radius 2 is 1.52 bits per heavy atom. The first-order valence-corrected chi connectivity index (χ1v) is 18.1. The Morgan fingerprint density at radius 3 is 2.27 bits per heavy atom. The highest BCUT2D eigenvalue weighted by atomic mass is 16.7. The summed E-state index contributed by atoms with van der Waals surface area (Å²) in [6.45, 7) is 3.33. The van der Waals surface area contributed by atoms with E-state index in [0.717, 1.165) is 39.9 Å². The van der Waals surface area contributed by atoms with Crippen molar-refractivity contribution in [2.75, 3.05) is 13.6 Å². The zero-order valence-electron chi connectivity index (χ0n) is 29.9. The number of aliphatic hydroxyl groups is 1. The van der Waals surface area contributed by atoms with E-state index in [0.29, 0.717) is 32.2 Å². The van der Waals surface area contributed by atoms with Crippen LogP contribution in [0, 0.1) is 0 Å². The number of aliphatic carboxylic acids is 1. The van der Waals surface area contributed by atoms with Crippen molar-refractivity contribution in [3.8, 4) is 11.1 Å². The zero-order chi connectivity index (χ0) is 36.5. The van der Waals surface area contributed by atoms with Crippen LogP contribution >= 0.6 is 0 Å². The van der Waals surface area contributed by atoms with Gasteiger partial charge in [-0.15, -0.1) is 0 Å². The minimum absolute atomic E-state index is 0.00589. The summed E-state index contributed by atoms with van der Waals surface area (Å²) in [7, 11) is 2.15. The van der Waals surface area contributed by atoms with Crippen molar-refractivity contribution >= 4 is 22.6 Å². The molecular formula is C44H48N2O6. The number of benzene rings is 5. The maximum Gasteiger partial charge on any atom is 0.303 e. The summed E-state index contributed by atoms with van der Waals surface area (Å²) in [5, 5.41) is 23.9. The van der Waals surface area contributed by atoms with E-state index in [-0.39, 0.29) is 37.2 Å². The van der Waals surface area contributed by atoms with E-state index >= 15 is 0 Å². The molecule has 0 aliphatic carbocycles. The van der Waals surface area contributed by atoms with E-state index in [2.05, 4.69) is 78.8 Å². The number of ether oxygens (including phenoxy) is 2. The van der Waals surface area contributed by atoms with Crippen molar-refractivity contribution in [1.82, 2.24) is 10.2 Å². The first kappa shape index (κ1) is 36.9. The molecule has 0 saturated carbocycles. The highest BCUT2D eigenvalue weighted by Gasteiger charge is 2.33. The minimum atomic E-state index is -0.842. The molecular weight excluding hydrogens is 652 g/mol. The zero-order valence-corrected chi connectivity index (χ0v) is 29.9. The SMILES string of the molecule is C[C@H](c1ccc2ccccc2c1)N(C)C[C@@H]1C[C@H](c2ccc(CO)cc2)O[C@H](c2ccc(-c3ccccc3CNC(=O)CCCCC(=O)O)cc2)O1. The Labute approximate surface area is 306 Å². The van der Waals surface area contributed by atoms with Crippen LogP contribution in [0.4, 0.5) is 0 Å². The Kier molecular flexibility index (Phi) is 12.5. The van der Waals surface area contributed by atoms with Crippen LogP contribution in [0.15, 0.2) is 115 Å². The normalized spacial score (nSPS) is 18.0. The summed E-state index contributed by atoms with van der Waals surface area (Å²) in [5.41, 5.74) is 7.12. The van der Waals surface area contributed by atoms with Gasteiger partial charge in [-0.1, -0.05) is 109 Å². The van der Waals surface area contributed by atoms with Gasteiger partial charge in [-0.05, 0) is 77.0 Å². The van der Waals surface area contributed by atoms with Gasteiger partial charge < -0.3 is 25.0 Å². The van der Waals surface area contributed by atoms with Gasteiger partial charge in [0.05, 0.1) is 18.8 Å². The second-order valence-corrected chi connectivity index (χ2v) is 13.7. The first-order chi connectivity index (χ1) is 25.3. The van der Waals surface area contributed by atoms with E-state index in [1.165, 1.54) is 16.3 Å². The molecule has 1 saturated heterocycles. The average molecular weight is 701 g/mol. The summed E-state index contributed by atoms with van der Waals surface area (Å²) in [6.07, 6.45) is 1.25. The second kappa shape index (κ2) is 17.6. The van der Waals surface area contributed by atoms with Crippen LogP contribution in [0.1, 0.15) is 85.3 Å². The molecule has 0 aromatic heterocycles. The Balaban J connectivity index is 1.16. The van der Waals surface area contributed by atoms with E-state index < -0.39 is 12.3 Å². The number of carbonyl (C=O) groups is 2. The van der Waals surface area contributed by atoms with Crippen molar-refractivity contribution in [3.05, 3.63) is 143 Å². The largest absolute Gasteiger partial charge is 0.481 e. The fraction of sp³-hybridized carbons (Fsp3) is 0.318. The van der Waals surface area contributed by atoms with Crippen LogP contribution in [0.3, 0.4) is 0 Å². The third kappa shape index (κ3) is 9.52. The van der Waals surface area contributed by atoms with Gasteiger partial charge in [0.25, 0.3) is 0 Å². The van der Waals surface area contributed by atoms with Gasteiger partial charge in [0.15, 0.2) is 6.29 Å². The molecule has 8 heteroatoms. The van der Waals surface area contributed by atoms with E-state index in [1.54, 1.807) is 0 Å². The number of amides is 1. The minimum Gasteiger partial charge on any atom is -0.481 e. The lowest BCUT2D eigenvalue weighted by atomic mass is 9.97. The number of carbonyl (C=O) groups excluding carboxylic acids is 1. The lowest BCUT2D eigenvalue weighted by Crippen LogP contribution is -2.38. The number of likely N-dealkylation sites (N-methyl/N-ethyl adjacent to an activating group) is 1. The average Bonchev–Trinajstić information content (AvgIpc) is 3.18. The Morgan fingerprint density at radius 1 is 0.827 bits per heavy atom. The maximum atomic E-state index is 12.4. The van der Waals surface area contributed by atoms with Gasteiger partial charge in [-0.3, -0.25) is 14.5 Å². The van der Waals surface area contributed by atoms with Gasteiger partial charge in [0.1, 0.15) is 0 Å². The van der Waals surface area contributed by atoms with Crippen molar-refractivity contribution < 1.29 is 29.3 Å².